The largest absolute Gasteiger partial charge is 0.497 e. The van der Waals surface area contributed by atoms with Crippen LogP contribution in [0.5, 0.6) is 5.75 Å². The molecule has 0 bridgehead atoms. The number of nitrogens with zero attached hydrogens (tertiary/aromatic N) is 2. The van der Waals surface area contributed by atoms with E-state index in [1.54, 1.807) is 7.11 Å². The van der Waals surface area contributed by atoms with Crippen molar-refractivity contribution in [1.82, 2.24) is 4.90 Å². The first-order valence-electron chi connectivity index (χ1n) is 7.25. The third-order valence-electron chi connectivity index (χ3n) is 3.99. The summed E-state index contributed by atoms with van der Waals surface area (Å²) in [6, 6.07) is 14.0. The first-order valence-corrected chi connectivity index (χ1v) is 7.63. The summed E-state index contributed by atoms with van der Waals surface area (Å²) in [6.45, 7) is 0. The molecule has 0 aromatic heterocycles. The Morgan fingerprint density at radius 2 is 1.91 bits per heavy atom. The predicted molar refractivity (Wildman–Crippen MR) is 91.1 cm³/mol. The van der Waals surface area contributed by atoms with Crippen LogP contribution in [0.3, 0.4) is 0 Å². The van der Waals surface area contributed by atoms with Crippen molar-refractivity contribution < 1.29 is 4.74 Å². The molecule has 1 aliphatic rings. The highest BCUT2D eigenvalue weighted by Gasteiger charge is 2.25. The number of ether oxygens (including phenoxy) is 1. The molecule has 0 spiro atoms. The fraction of sp³-hybridized carbons (Fsp3) is 0.278. The zero-order valence-corrected chi connectivity index (χ0v) is 13.8. The maximum Gasteiger partial charge on any atom is 0.119 e. The van der Waals surface area contributed by atoms with Gasteiger partial charge < -0.3 is 9.64 Å². The lowest BCUT2D eigenvalue weighted by atomic mass is 9.90. The molecule has 0 N–H and O–H groups in total. The average Bonchev–Trinajstić information content (AvgIpc) is 2.53. The van der Waals surface area contributed by atoms with E-state index in [0.717, 1.165) is 34.2 Å². The number of methoxy groups -OCH3 is 1. The van der Waals surface area contributed by atoms with E-state index in [9.17, 15) is 0 Å². The average molecular weight is 315 g/mol. The van der Waals surface area contributed by atoms with E-state index in [1.807, 2.05) is 44.4 Å². The van der Waals surface area contributed by atoms with Crippen molar-refractivity contribution >= 4 is 17.4 Å². The first-order chi connectivity index (χ1) is 10.6. The van der Waals surface area contributed by atoms with Gasteiger partial charge in [0.05, 0.1) is 7.11 Å². The van der Waals surface area contributed by atoms with Crippen LogP contribution in [-0.2, 0) is 6.42 Å². The zero-order valence-electron chi connectivity index (χ0n) is 13.0. The monoisotopic (exact) mass is 314 g/mol. The number of hydrogen-bond donors (Lipinski definition) is 0. The molecule has 0 fully saturated rings. The third kappa shape index (κ3) is 2.69. The molecule has 0 amide bonds. The van der Waals surface area contributed by atoms with Gasteiger partial charge in [-0.15, -0.1) is 0 Å². The molecule has 1 aliphatic heterocycles. The second kappa shape index (κ2) is 6.01. The maximum atomic E-state index is 6.41. The molecule has 22 heavy (non-hydrogen) atoms. The predicted octanol–water partition coefficient (Wildman–Crippen LogP) is 3.95. The molecule has 3 nitrogen and oxygen atoms in total. The van der Waals surface area contributed by atoms with Crippen molar-refractivity contribution in [1.29, 1.82) is 0 Å². The molecule has 2 aromatic rings. The minimum Gasteiger partial charge on any atom is -0.497 e. The SMILES string of the molecule is COc1ccc2c(c1)C(c1ccccc1Cl)N=C(N(C)C)C2. The van der Waals surface area contributed by atoms with Gasteiger partial charge in [0.15, 0.2) is 0 Å². The van der Waals surface area contributed by atoms with Crippen LogP contribution in [0.15, 0.2) is 47.5 Å². The molecular weight excluding hydrogens is 296 g/mol. The van der Waals surface area contributed by atoms with E-state index in [-0.39, 0.29) is 6.04 Å². The van der Waals surface area contributed by atoms with Crippen LogP contribution in [-0.4, -0.2) is 31.9 Å². The zero-order chi connectivity index (χ0) is 15.7. The van der Waals surface area contributed by atoms with Gasteiger partial charge in [0.1, 0.15) is 17.6 Å². The van der Waals surface area contributed by atoms with Crippen molar-refractivity contribution in [2.24, 2.45) is 4.99 Å². The molecule has 1 atom stereocenters. The topological polar surface area (TPSA) is 24.8 Å². The van der Waals surface area contributed by atoms with Crippen LogP contribution in [0.2, 0.25) is 5.02 Å². The Morgan fingerprint density at radius 1 is 1.14 bits per heavy atom. The Labute approximate surface area is 136 Å². The van der Waals surface area contributed by atoms with Crippen molar-refractivity contribution in [3.05, 3.63) is 64.2 Å². The lowest BCUT2D eigenvalue weighted by Crippen LogP contribution is -2.28. The maximum absolute atomic E-state index is 6.41. The molecule has 0 saturated heterocycles. The number of aliphatic imine (C=N–C) groups is 1. The lowest BCUT2D eigenvalue weighted by molar-refractivity contribution is 0.413. The van der Waals surface area contributed by atoms with Crippen LogP contribution in [0.1, 0.15) is 22.7 Å². The highest BCUT2D eigenvalue weighted by atomic mass is 35.5. The van der Waals surface area contributed by atoms with E-state index in [2.05, 4.69) is 17.0 Å². The second-order valence-corrected chi connectivity index (χ2v) is 6.01. The Balaban J connectivity index is 2.16. The summed E-state index contributed by atoms with van der Waals surface area (Å²) in [6.07, 6.45) is 0.827. The summed E-state index contributed by atoms with van der Waals surface area (Å²) in [5, 5.41) is 0.741. The summed E-state index contributed by atoms with van der Waals surface area (Å²) in [7, 11) is 5.73. The van der Waals surface area contributed by atoms with Gasteiger partial charge >= 0.3 is 0 Å². The van der Waals surface area contributed by atoms with Gasteiger partial charge in [-0.25, -0.2) is 0 Å². The summed E-state index contributed by atoms with van der Waals surface area (Å²) < 4.78 is 5.38. The molecule has 2 aromatic carbocycles. The quantitative estimate of drug-likeness (QED) is 0.838. The fourth-order valence-electron chi connectivity index (χ4n) is 2.76. The van der Waals surface area contributed by atoms with E-state index in [0.29, 0.717) is 0 Å². The van der Waals surface area contributed by atoms with Gasteiger partial charge in [0.2, 0.25) is 0 Å². The number of likely N-dealkylation sites (N-methyl/N-ethyl adjacent to an activating group) is 1. The van der Waals surface area contributed by atoms with Crippen LogP contribution < -0.4 is 4.74 Å². The molecule has 4 heteroatoms. The summed E-state index contributed by atoms with van der Waals surface area (Å²) in [4.78, 5) is 7.00. The molecular formula is C18H19ClN2O. The van der Waals surface area contributed by atoms with Crippen molar-refractivity contribution in [3.63, 3.8) is 0 Å². The van der Waals surface area contributed by atoms with Crippen molar-refractivity contribution in [2.75, 3.05) is 21.2 Å². The number of hydrogen-bond acceptors (Lipinski definition) is 3. The van der Waals surface area contributed by atoms with Gasteiger partial charge in [-0.2, -0.15) is 0 Å². The number of amidine groups is 1. The molecule has 1 heterocycles. The molecule has 114 valence electrons. The van der Waals surface area contributed by atoms with E-state index < -0.39 is 0 Å². The minimum absolute atomic E-state index is 0.0926. The third-order valence-corrected chi connectivity index (χ3v) is 4.33. The molecule has 0 saturated carbocycles. The normalized spacial score (nSPS) is 16.7. The molecule has 1 unspecified atom stereocenters. The minimum atomic E-state index is -0.0926. The van der Waals surface area contributed by atoms with Crippen molar-refractivity contribution in [3.8, 4) is 5.75 Å². The summed E-state index contributed by atoms with van der Waals surface area (Å²) >= 11 is 6.41. The summed E-state index contributed by atoms with van der Waals surface area (Å²) in [5.41, 5.74) is 3.46. The molecule has 3 rings (SSSR count). The van der Waals surface area contributed by atoms with Crippen molar-refractivity contribution in [2.45, 2.75) is 12.5 Å². The molecule has 0 radical (unpaired) electrons. The van der Waals surface area contributed by atoms with Crippen LogP contribution in [0.4, 0.5) is 0 Å². The molecule has 0 aliphatic carbocycles. The highest BCUT2D eigenvalue weighted by Crippen LogP contribution is 2.38. The van der Waals surface area contributed by atoms with Gasteiger partial charge in [0, 0.05) is 25.5 Å². The number of benzene rings is 2. The van der Waals surface area contributed by atoms with E-state index in [1.165, 1.54) is 5.56 Å². The van der Waals surface area contributed by atoms with Gasteiger partial charge in [-0.05, 0) is 34.9 Å². The van der Waals surface area contributed by atoms with Gasteiger partial charge in [-0.1, -0.05) is 35.9 Å². The standard InChI is InChI=1S/C18H19ClN2O/c1-21(2)17-10-12-8-9-13(22-3)11-15(12)18(20-17)14-6-4-5-7-16(14)19/h4-9,11,18H,10H2,1-3H3. The number of halogens is 1. The Kier molecular flexibility index (Phi) is 4.08. The number of fused-ring (bicyclic) bond motifs is 1. The van der Waals surface area contributed by atoms with Gasteiger partial charge in [-0.3, -0.25) is 4.99 Å². The lowest BCUT2D eigenvalue weighted by Gasteiger charge is -2.28. The first kappa shape index (κ1) is 14.9. The van der Waals surface area contributed by atoms with E-state index >= 15 is 0 Å². The van der Waals surface area contributed by atoms with E-state index in [4.69, 9.17) is 21.3 Å². The Morgan fingerprint density at radius 3 is 2.59 bits per heavy atom. The van der Waals surface area contributed by atoms with Crippen LogP contribution >= 0.6 is 11.6 Å². The smallest absolute Gasteiger partial charge is 0.119 e. The second-order valence-electron chi connectivity index (χ2n) is 5.61. The Bertz CT molecular complexity index is 725. The van der Waals surface area contributed by atoms with Crippen LogP contribution in [0.25, 0.3) is 0 Å². The highest BCUT2D eigenvalue weighted by molar-refractivity contribution is 6.31. The summed E-state index contributed by atoms with van der Waals surface area (Å²) in [5.74, 6) is 1.90. The fourth-order valence-corrected chi connectivity index (χ4v) is 3.00. The number of rotatable bonds is 2. The Hall–Kier alpha value is -2.00. The van der Waals surface area contributed by atoms with Crippen LogP contribution in [0, 0.1) is 0 Å². The van der Waals surface area contributed by atoms with Gasteiger partial charge in [0.25, 0.3) is 0 Å².